The molecule has 1 aromatic carbocycles. The van der Waals surface area contributed by atoms with Crippen molar-refractivity contribution in [2.75, 3.05) is 11.9 Å². The zero-order chi connectivity index (χ0) is 13.9. The number of fused-ring (bicyclic) bond motifs is 1. The number of hydrogen-bond donors (Lipinski definition) is 2. The van der Waals surface area contributed by atoms with Crippen molar-refractivity contribution in [2.24, 2.45) is 0 Å². The first-order valence-electron chi connectivity index (χ1n) is 7.91. The van der Waals surface area contributed by atoms with Crippen LogP contribution in [0, 0.1) is 0 Å². The molecule has 1 aliphatic heterocycles. The van der Waals surface area contributed by atoms with Gasteiger partial charge >= 0.3 is 0 Å². The Morgan fingerprint density at radius 3 is 2.90 bits per heavy atom. The van der Waals surface area contributed by atoms with Crippen molar-refractivity contribution in [3.8, 4) is 0 Å². The number of carbonyl (C=O) groups is 1. The summed E-state index contributed by atoms with van der Waals surface area (Å²) in [6, 6.07) is 6.52. The van der Waals surface area contributed by atoms with Gasteiger partial charge in [-0.1, -0.05) is 19.3 Å². The summed E-state index contributed by atoms with van der Waals surface area (Å²) in [4.78, 5) is 12.5. The first-order valence-corrected chi connectivity index (χ1v) is 7.91. The van der Waals surface area contributed by atoms with Crippen LogP contribution in [0.5, 0.6) is 0 Å². The molecule has 1 heterocycles. The van der Waals surface area contributed by atoms with E-state index in [1.165, 1.54) is 43.4 Å². The molecule has 0 amide bonds. The number of benzene rings is 1. The second-order valence-electron chi connectivity index (χ2n) is 6.14. The summed E-state index contributed by atoms with van der Waals surface area (Å²) in [6.07, 6.45) is 7.39. The fourth-order valence-corrected chi connectivity index (χ4v) is 3.41. The minimum absolute atomic E-state index is 0.0782. The maximum atomic E-state index is 12.5. The molecule has 1 atom stereocenters. The molecule has 3 rings (SSSR count). The van der Waals surface area contributed by atoms with E-state index in [-0.39, 0.29) is 11.8 Å². The molecule has 1 fully saturated rings. The lowest BCUT2D eigenvalue weighted by Gasteiger charge is -2.26. The van der Waals surface area contributed by atoms with Crippen LogP contribution >= 0.6 is 0 Å². The number of carbonyl (C=O) groups excluding carboxylic acids is 1. The van der Waals surface area contributed by atoms with E-state index < -0.39 is 0 Å². The van der Waals surface area contributed by atoms with Crippen LogP contribution in [0.3, 0.4) is 0 Å². The molecule has 1 unspecified atom stereocenters. The maximum absolute atomic E-state index is 12.5. The van der Waals surface area contributed by atoms with E-state index in [1.807, 2.05) is 19.1 Å². The highest BCUT2D eigenvalue weighted by atomic mass is 16.1. The van der Waals surface area contributed by atoms with Crippen molar-refractivity contribution >= 4 is 11.5 Å². The Labute approximate surface area is 121 Å². The number of rotatable bonds is 4. The number of anilines is 1. The van der Waals surface area contributed by atoms with Gasteiger partial charge in [-0.15, -0.1) is 0 Å². The summed E-state index contributed by atoms with van der Waals surface area (Å²) in [7, 11) is 0. The molecule has 0 spiro atoms. The third-order valence-corrected chi connectivity index (χ3v) is 4.58. The molecular weight excluding hydrogens is 248 g/mol. The normalized spacial score (nSPS) is 20.2. The highest BCUT2D eigenvalue weighted by Crippen LogP contribution is 2.24. The van der Waals surface area contributed by atoms with Crippen molar-refractivity contribution in [1.82, 2.24) is 5.32 Å². The van der Waals surface area contributed by atoms with Crippen molar-refractivity contribution in [2.45, 2.75) is 57.5 Å². The molecule has 2 N–H and O–H groups in total. The van der Waals surface area contributed by atoms with E-state index in [2.05, 4.69) is 16.7 Å². The van der Waals surface area contributed by atoms with E-state index in [4.69, 9.17) is 0 Å². The Morgan fingerprint density at radius 2 is 2.10 bits per heavy atom. The molecule has 0 saturated heterocycles. The first kappa shape index (κ1) is 13.6. The molecule has 0 radical (unpaired) electrons. The van der Waals surface area contributed by atoms with Crippen LogP contribution in [0.4, 0.5) is 5.69 Å². The fraction of sp³-hybridized carbons (Fsp3) is 0.588. The summed E-state index contributed by atoms with van der Waals surface area (Å²) in [6.45, 7) is 2.99. The lowest BCUT2D eigenvalue weighted by atomic mass is 9.94. The van der Waals surface area contributed by atoms with Gasteiger partial charge in [-0.3, -0.25) is 4.79 Å². The summed E-state index contributed by atoms with van der Waals surface area (Å²) < 4.78 is 0. The number of nitrogens with one attached hydrogen (secondary N) is 2. The van der Waals surface area contributed by atoms with Gasteiger partial charge in [0.2, 0.25) is 0 Å². The van der Waals surface area contributed by atoms with E-state index in [9.17, 15) is 4.79 Å². The number of Topliss-reactive ketones (excluding diaryl/α,β-unsaturated/α-hetero) is 1. The van der Waals surface area contributed by atoms with E-state index in [0.717, 1.165) is 18.5 Å². The molecule has 3 nitrogen and oxygen atoms in total. The van der Waals surface area contributed by atoms with Crippen molar-refractivity contribution in [3.63, 3.8) is 0 Å². The molecule has 2 aliphatic rings. The Hall–Kier alpha value is -1.35. The highest BCUT2D eigenvalue weighted by molar-refractivity contribution is 6.00. The Morgan fingerprint density at radius 1 is 1.30 bits per heavy atom. The van der Waals surface area contributed by atoms with Gasteiger partial charge in [-0.2, -0.15) is 0 Å². The van der Waals surface area contributed by atoms with Crippen LogP contribution in [0.25, 0.3) is 0 Å². The van der Waals surface area contributed by atoms with Gasteiger partial charge in [-0.25, -0.2) is 0 Å². The van der Waals surface area contributed by atoms with E-state index in [0.29, 0.717) is 6.04 Å². The third-order valence-electron chi connectivity index (χ3n) is 4.58. The van der Waals surface area contributed by atoms with Crippen LogP contribution in [0.2, 0.25) is 0 Å². The largest absolute Gasteiger partial charge is 0.384 e. The van der Waals surface area contributed by atoms with Crippen LogP contribution in [-0.2, 0) is 6.42 Å². The minimum Gasteiger partial charge on any atom is -0.384 e. The average Bonchev–Trinajstić information content (AvgIpc) is 2.94. The second kappa shape index (κ2) is 5.96. The van der Waals surface area contributed by atoms with Gasteiger partial charge in [0.15, 0.2) is 5.78 Å². The molecule has 1 aliphatic carbocycles. The fourth-order valence-electron chi connectivity index (χ4n) is 3.41. The summed E-state index contributed by atoms with van der Waals surface area (Å²) in [5.74, 6) is 0.227. The van der Waals surface area contributed by atoms with E-state index in [1.54, 1.807) is 0 Å². The highest BCUT2D eigenvalue weighted by Gasteiger charge is 2.21. The molecule has 108 valence electrons. The molecule has 0 bridgehead atoms. The van der Waals surface area contributed by atoms with Gasteiger partial charge in [0, 0.05) is 23.8 Å². The maximum Gasteiger partial charge on any atom is 0.179 e. The van der Waals surface area contributed by atoms with Crippen LogP contribution < -0.4 is 10.6 Å². The van der Waals surface area contributed by atoms with Crippen LogP contribution in [0.1, 0.15) is 54.9 Å². The SMILES string of the molecule is CC(NC1CCCCC1)C(=O)c1ccc2c(c1)CCN2. The second-order valence-corrected chi connectivity index (χ2v) is 6.14. The molecule has 0 aromatic heterocycles. The van der Waals surface area contributed by atoms with Crippen molar-refractivity contribution in [1.29, 1.82) is 0 Å². The van der Waals surface area contributed by atoms with Crippen LogP contribution in [0.15, 0.2) is 18.2 Å². The molecular formula is C17H24N2O. The summed E-state index contributed by atoms with van der Waals surface area (Å²) in [5, 5.41) is 6.85. The Kier molecular flexibility index (Phi) is 4.06. The van der Waals surface area contributed by atoms with Gasteiger partial charge in [-0.05, 0) is 49.9 Å². The zero-order valence-corrected chi connectivity index (χ0v) is 12.2. The smallest absolute Gasteiger partial charge is 0.179 e. The zero-order valence-electron chi connectivity index (χ0n) is 12.2. The average molecular weight is 272 g/mol. The quantitative estimate of drug-likeness (QED) is 0.827. The van der Waals surface area contributed by atoms with Gasteiger partial charge in [0.05, 0.1) is 6.04 Å². The number of hydrogen-bond acceptors (Lipinski definition) is 3. The standard InChI is InChI=1S/C17H24N2O/c1-12(19-15-5-3-2-4-6-15)17(20)14-7-8-16-13(11-14)9-10-18-16/h7-8,11-12,15,18-19H,2-6,9-10H2,1H3. The molecule has 20 heavy (non-hydrogen) atoms. The third kappa shape index (κ3) is 2.88. The van der Waals surface area contributed by atoms with Gasteiger partial charge in [0.25, 0.3) is 0 Å². The molecule has 3 heteroatoms. The van der Waals surface area contributed by atoms with E-state index >= 15 is 0 Å². The number of ketones is 1. The van der Waals surface area contributed by atoms with Crippen LogP contribution in [-0.4, -0.2) is 24.4 Å². The molecule has 1 saturated carbocycles. The van der Waals surface area contributed by atoms with Crippen molar-refractivity contribution < 1.29 is 4.79 Å². The van der Waals surface area contributed by atoms with Crippen molar-refractivity contribution in [3.05, 3.63) is 29.3 Å². The summed E-state index contributed by atoms with van der Waals surface area (Å²) in [5.41, 5.74) is 3.32. The predicted molar refractivity (Wildman–Crippen MR) is 82.4 cm³/mol. The summed E-state index contributed by atoms with van der Waals surface area (Å²) >= 11 is 0. The molecule has 1 aromatic rings. The lowest BCUT2D eigenvalue weighted by molar-refractivity contribution is 0.0940. The topological polar surface area (TPSA) is 41.1 Å². The predicted octanol–water partition coefficient (Wildman–Crippen LogP) is 3.15. The lowest BCUT2D eigenvalue weighted by Crippen LogP contribution is -2.42. The van der Waals surface area contributed by atoms with Gasteiger partial charge < -0.3 is 10.6 Å². The Balaban J connectivity index is 1.65. The monoisotopic (exact) mass is 272 g/mol. The van der Waals surface area contributed by atoms with Gasteiger partial charge in [0.1, 0.15) is 0 Å². The Bertz CT molecular complexity index is 492. The minimum atomic E-state index is -0.0782. The first-order chi connectivity index (χ1) is 9.74.